The Morgan fingerprint density at radius 1 is 1.06 bits per heavy atom. The minimum atomic E-state index is -0.442. The number of carbonyl (C=O) groups is 1. The first kappa shape index (κ1) is 22.8. The number of nitrogens with one attached hydrogen (secondary N) is 1. The van der Waals surface area contributed by atoms with Gasteiger partial charge in [-0.25, -0.2) is 5.43 Å². The number of hydrogen-bond acceptors (Lipinski definition) is 7. The zero-order valence-electron chi connectivity index (χ0n) is 18.7. The molecule has 1 aromatic heterocycles. The van der Waals surface area contributed by atoms with Crippen LogP contribution in [-0.4, -0.2) is 25.5 Å². The smallest absolute Gasteiger partial charge is 0.307 e. The van der Waals surface area contributed by atoms with E-state index in [9.17, 15) is 4.79 Å². The minimum Gasteiger partial charge on any atom is -0.490 e. The summed E-state index contributed by atoms with van der Waals surface area (Å²) in [5, 5.41) is 4.92. The molecule has 0 saturated heterocycles. The number of para-hydroxylation sites is 1. The van der Waals surface area contributed by atoms with Crippen molar-refractivity contribution in [2.45, 2.75) is 13.5 Å². The predicted molar refractivity (Wildman–Crippen MR) is 133 cm³/mol. The highest BCUT2D eigenvalue weighted by molar-refractivity contribution is 9.10. The van der Waals surface area contributed by atoms with E-state index in [0.717, 1.165) is 21.2 Å². The van der Waals surface area contributed by atoms with Crippen LogP contribution in [0.4, 0.5) is 0 Å². The molecule has 8 nitrogen and oxygen atoms in total. The lowest BCUT2D eigenvalue weighted by molar-refractivity contribution is 0.0929. The van der Waals surface area contributed by atoms with Gasteiger partial charge in [0, 0.05) is 15.4 Å². The van der Waals surface area contributed by atoms with Gasteiger partial charge in [0.1, 0.15) is 12.2 Å². The zero-order chi connectivity index (χ0) is 24.2. The molecular formula is C26H21BrN2O6. The van der Waals surface area contributed by atoms with Crippen LogP contribution in [0.1, 0.15) is 28.6 Å². The van der Waals surface area contributed by atoms with Gasteiger partial charge in [0.25, 0.3) is 0 Å². The van der Waals surface area contributed by atoms with Crippen LogP contribution in [-0.2, 0) is 6.61 Å². The lowest BCUT2D eigenvalue weighted by Gasteiger charge is -2.14. The van der Waals surface area contributed by atoms with Gasteiger partial charge in [0.15, 0.2) is 28.8 Å². The SMILES string of the molecule is CCOc1cc(/C=N/NC(=O)c2cc3ccccc3o2)c(Br)cc1OCc1ccc2c(c1)OCO2. The summed E-state index contributed by atoms with van der Waals surface area (Å²) in [6.07, 6.45) is 1.52. The van der Waals surface area contributed by atoms with E-state index >= 15 is 0 Å². The standard InChI is InChI=1S/C26H21BrN2O6/c1-2-31-23-11-18(13-28-29-26(30)25-10-17-5-3-4-6-20(17)35-25)19(27)12-24(23)32-14-16-7-8-21-22(9-16)34-15-33-21/h3-13H,2,14-15H2,1H3,(H,29,30)/b28-13+. The Labute approximate surface area is 209 Å². The summed E-state index contributed by atoms with van der Waals surface area (Å²) in [7, 11) is 0. The number of nitrogens with zero attached hydrogens (tertiary/aromatic N) is 1. The first-order valence-electron chi connectivity index (χ1n) is 10.9. The van der Waals surface area contributed by atoms with Crippen LogP contribution in [0.3, 0.4) is 0 Å². The first-order valence-corrected chi connectivity index (χ1v) is 11.7. The van der Waals surface area contributed by atoms with Crippen molar-refractivity contribution in [3.05, 3.63) is 82.0 Å². The van der Waals surface area contributed by atoms with Gasteiger partial charge in [-0.1, -0.05) is 24.3 Å². The number of hydrogen-bond donors (Lipinski definition) is 1. The second-order valence-corrected chi connectivity index (χ2v) is 8.43. The van der Waals surface area contributed by atoms with E-state index in [0.29, 0.717) is 41.6 Å². The Hall–Kier alpha value is -3.98. The number of hydrazone groups is 1. The van der Waals surface area contributed by atoms with Crippen molar-refractivity contribution in [2.75, 3.05) is 13.4 Å². The molecule has 0 spiro atoms. The third kappa shape index (κ3) is 5.09. The number of halogens is 1. The van der Waals surface area contributed by atoms with E-state index in [4.69, 9.17) is 23.4 Å². The number of rotatable bonds is 8. The van der Waals surface area contributed by atoms with Crippen molar-refractivity contribution in [2.24, 2.45) is 5.10 Å². The van der Waals surface area contributed by atoms with Crippen molar-refractivity contribution in [1.82, 2.24) is 5.43 Å². The molecule has 0 aliphatic carbocycles. The molecule has 2 heterocycles. The molecule has 3 aromatic carbocycles. The highest BCUT2D eigenvalue weighted by Gasteiger charge is 2.15. The molecule has 35 heavy (non-hydrogen) atoms. The largest absolute Gasteiger partial charge is 0.490 e. The fourth-order valence-electron chi connectivity index (χ4n) is 3.53. The molecule has 1 aliphatic rings. The quantitative estimate of drug-likeness (QED) is 0.230. The van der Waals surface area contributed by atoms with Gasteiger partial charge in [0.05, 0.1) is 12.8 Å². The normalized spacial score (nSPS) is 12.3. The highest BCUT2D eigenvalue weighted by atomic mass is 79.9. The average Bonchev–Trinajstić information content (AvgIpc) is 3.51. The number of amides is 1. The summed E-state index contributed by atoms with van der Waals surface area (Å²) < 4.78 is 28.9. The van der Waals surface area contributed by atoms with Crippen LogP contribution in [0.15, 0.2) is 74.7 Å². The molecule has 0 atom stereocenters. The second-order valence-electron chi connectivity index (χ2n) is 7.58. The fourth-order valence-corrected chi connectivity index (χ4v) is 3.96. The van der Waals surface area contributed by atoms with Crippen molar-refractivity contribution in [1.29, 1.82) is 0 Å². The van der Waals surface area contributed by atoms with Crippen LogP contribution in [0.2, 0.25) is 0 Å². The van der Waals surface area contributed by atoms with E-state index in [1.54, 1.807) is 24.3 Å². The number of ether oxygens (including phenoxy) is 4. The van der Waals surface area contributed by atoms with E-state index in [-0.39, 0.29) is 12.6 Å². The molecule has 9 heteroatoms. The van der Waals surface area contributed by atoms with Crippen LogP contribution in [0.25, 0.3) is 11.0 Å². The van der Waals surface area contributed by atoms with Crippen molar-refractivity contribution in [3.8, 4) is 23.0 Å². The molecule has 0 saturated carbocycles. The Morgan fingerprint density at radius 2 is 1.89 bits per heavy atom. The molecule has 5 rings (SSSR count). The summed E-state index contributed by atoms with van der Waals surface area (Å²) in [5.74, 6) is 2.30. The highest BCUT2D eigenvalue weighted by Crippen LogP contribution is 2.36. The number of benzene rings is 3. The van der Waals surface area contributed by atoms with Crippen LogP contribution in [0, 0.1) is 0 Å². The average molecular weight is 537 g/mol. The molecule has 0 bridgehead atoms. The number of fused-ring (bicyclic) bond motifs is 2. The van der Waals surface area contributed by atoms with Gasteiger partial charge in [0.2, 0.25) is 6.79 Å². The fraction of sp³-hybridized carbons (Fsp3) is 0.154. The third-order valence-corrected chi connectivity index (χ3v) is 5.90. The summed E-state index contributed by atoms with van der Waals surface area (Å²) in [6, 6.07) is 18.4. The Morgan fingerprint density at radius 3 is 2.74 bits per heavy atom. The van der Waals surface area contributed by atoms with Crippen LogP contribution < -0.4 is 24.4 Å². The second kappa shape index (κ2) is 10.1. The summed E-state index contributed by atoms with van der Waals surface area (Å²) >= 11 is 3.54. The van der Waals surface area contributed by atoms with Gasteiger partial charge in [-0.05, 0) is 64.8 Å². The van der Waals surface area contributed by atoms with Crippen LogP contribution >= 0.6 is 15.9 Å². The molecule has 0 fully saturated rings. The third-order valence-electron chi connectivity index (χ3n) is 5.21. The van der Waals surface area contributed by atoms with Crippen molar-refractivity contribution >= 4 is 39.0 Å². The zero-order valence-corrected chi connectivity index (χ0v) is 20.3. The van der Waals surface area contributed by atoms with E-state index in [2.05, 4.69) is 26.5 Å². The maximum atomic E-state index is 12.4. The Bertz CT molecular complexity index is 1380. The predicted octanol–water partition coefficient (Wildman–Crippen LogP) is 5.67. The molecule has 1 amide bonds. The van der Waals surface area contributed by atoms with E-state index < -0.39 is 5.91 Å². The van der Waals surface area contributed by atoms with Crippen molar-refractivity contribution < 1.29 is 28.2 Å². The monoisotopic (exact) mass is 536 g/mol. The summed E-state index contributed by atoms with van der Waals surface area (Å²) in [6.45, 7) is 2.90. The van der Waals surface area contributed by atoms with Crippen LogP contribution in [0.5, 0.6) is 23.0 Å². The molecule has 0 unspecified atom stereocenters. The minimum absolute atomic E-state index is 0.185. The Balaban J connectivity index is 1.28. The molecule has 0 radical (unpaired) electrons. The molecule has 178 valence electrons. The van der Waals surface area contributed by atoms with Gasteiger partial charge in [-0.15, -0.1) is 0 Å². The summed E-state index contributed by atoms with van der Waals surface area (Å²) in [5.41, 5.74) is 4.77. The molecular weight excluding hydrogens is 516 g/mol. The van der Waals surface area contributed by atoms with E-state index in [1.165, 1.54) is 6.21 Å². The Kier molecular flexibility index (Phi) is 6.58. The van der Waals surface area contributed by atoms with Gasteiger partial charge >= 0.3 is 5.91 Å². The molecule has 4 aromatic rings. The maximum Gasteiger partial charge on any atom is 0.307 e. The topological polar surface area (TPSA) is 91.5 Å². The number of carbonyl (C=O) groups excluding carboxylic acids is 1. The lowest BCUT2D eigenvalue weighted by Crippen LogP contribution is -2.16. The van der Waals surface area contributed by atoms with Gasteiger partial charge < -0.3 is 23.4 Å². The van der Waals surface area contributed by atoms with E-state index in [1.807, 2.05) is 43.3 Å². The maximum absolute atomic E-state index is 12.4. The van der Waals surface area contributed by atoms with Crippen molar-refractivity contribution in [3.63, 3.8) is 0 Å². The lowest BCUT2D eigenvalue weighted by atomic mass is 10.2. The van der Waals surface area contributed by atoms with Gasteiger partial charge in [-0.3, -0.25) is 4.79 Å². The first-order chi connectivity index (χ1) is 17.1. The molecule has 1 aliphatic heterocycles. The van der Waals surface area contributed by atoms with Gasteiger partial charge in [-0.2, -0.15) is 5.10 Å². The summed E-state index contributed by atoms with van der Waals surface area (Å²) in [4.78, 5) is 12.4. The molecule has 1 N–H and O–H groups in total. The number of furan rings is 1.